The molecule has 0 unspecified atom stereocenters. The van der Waals surface area contributed by atoms with Crippen LogP contribution >= 0.6 is 15.9 Å². The Morgan fingerprint density at radius 3 is 2.30 bits per heavy atom. The van der Waals surface area contributed by atoms with E-state index >= 15 is 0 Å². The smallest absolute Gasteiger partial charge is 0.240 e. The van der Waals surface area contributed by atoms with E-state index in [1.54, 1.807) is 18.3 Å². The minimum absolute atomic E-state index is 0.0797. The maximum atomic E-state index is 11.7. The van der Waals surface area contributed by atoms with Crippen molar-refractivity contribution in [3.05, 3.63) is 64.6 Å². The number of carbonyl (C=O) groups is 2. The minimum atomic E-state index is -0.304. The zero-order valence-corrected chi connectivity index (χ0v) is 13.9. The number of hydrazone groups is 1. The van der Waals surface area contributed by atoms with Gasteiger partial charge in [0.25, 0.3) is 0 Å². The number of carbonyl (C=O) groups excluding carboxylic acids is 2. The molecule has 0 aromatic heterocycles. The Balaban J connectivity index is 1.70. The van der Waals surface area contributed by atoms with E-state index in [1.807, 2.05) is 42.5 Å². The van der Waals surface area contributed by atoms with Gasteiger partial charge in [-0.25, -0.2) is 5.43 Å². The fraction of sp³-hybridized carbons (Fsp3) is 0.118. The molecule has 0 aliphatic heterocycles. The summed E-state index contributed by atoms with van der Waals surface area (Å²) in [6.45, 7) is 0. The summed E-state index contributed by atoms with van der Waals surface area (Å²) in [5.41, 5.74) is 3.99. The first-order valence-corrected chi connectivity index (χ1v) is 7.85. The minimum Gasteiger partial charge on any atom is -0.326 e. The van der Waals surface area contributed by atoms with Crippen molar-refractivity contribution in [3.63, 3.8) is 0 Å². The average Bonchev–Trinajstić information content (AvgIpc) is 2.56. The van der Waals surface area contributed by atoms with Crippen LogP contribution < -0.4 is 10.7 Å². The number of para-hydroxylation sites is 1. The zero-order valence-electron chi connectivity index (χ0n) is 12.3. The molecule has 6 heteroatoms. The summed E-state index contributed by atoms with van der Waals surface area (Å²) in [6.07, 6.45) is 1.74. The number of anilines is 1. The highest BCUT2D eigenvalue weighted by Crippen LogP contribution is 2.09. The second-order valence-corrected chi connectivity index (χ2v) is 5.67. The molecular formula is C17H16BrN3O2. The van der Waals surface area contributed by atoms with Gasteiger partial charge in [-0.05, 0) is 29.8 Å². The lowest BCUT2D eigenvalue weighted by atomic mass is 10.2. The van der Waals surface area contributed by atoms with Gasteiger partial charge in [-0.2, -0.15) is 5.10 Å². The number of halogens is 1. The van der Waals surface area contributed by atoms with Crippen LogP contribution in [0.1, 0.15) is 18.4 Å². The van der Waals surface area contributed by atoms with Gasteiger partial charge in [-0.15, -0.1) is 0 Å². The SMILES string of the molecule is O=C(CCC(=O)Nc1ccccc1)N/N=C\c1ccc(Br)cc1. The van der Waals surface area contributed by atoms with E-state index in [9.17, 15) is 9.59 Å². The van der Waals surface area contributed by atoms with Crippen LogP contribution in [0.2, 0.25) is 0 Å². The summed E-state index contributed by atoms with van der Waals surface area (Å²) in [5.74, 6) is -0.509. The first-order valence-electron chi connectivity index (χ1n) is 7.06. The molecule has 0 atom stereocenters. The summed E-state index contributed by atoms with van der Waals surface area (Å²) >= 11 is 3.34. The topological polar surface area (TPSA) is 70.6 Å². The lowest BCUT2D eigenvalue weighted by Gasteiger charge is -2.04. The van der Waals surface area contributed by atoms with Crippen molar-refractivity contribution in [1.82, 2.24) is 5.43 Å². The van der Waals surface area contributed by atoms with Crippen molar-refractivity contribution in [3.8, 4) is 0 Å². The number of rotatable bonds is 6. The molecule has 2 aromatic carbocycles. The fourth-order valence-corrected chi connectivity index (χ4v) is 2.02. The molecule has 0 saturated carbocycles. The molecule has 23 heavy (non-hydrogen) atoms. The molecule has 0 aliphatic carbocycles. The third-order valence-corrected chi connectivity index (χ3v) is 3.44. The van der Waals surface area contributed by atoms with Crippen molar-refractivity contribution in [2.75, 3.05) is 5.32 Å². The number of nitrogens with one attached hydrogen (secondary N) is 2. The van der Waals surface area contributed by atoms with Gasteiger partial charge in [-0.3, -0.25) is 9.59 Å². The molecule has 2 rings (SSSR count). The van der Waals surface area contributed by atoms with Crippen molar-refractivity contribution in [2.24, 2.45) is 5.10 Å². The maximum absolute atomic E-state index is 11.7. The molecule has 0 aliphatic rings. The van der Waals surface area contributed by atoms with Gasteiger partial charge in [0.2, 0.25) is 11.8 Å². The van der Waals surface area contributed by atoms with Crippen molar-refractivity contribution < 1.29 is 9.59 Å². The summed E-state index contributed by atoms with van der Waals surface area (Å²) < 4.78 is 0.975. The third-order valence-electron chi connectivity index (χ3n) is 2.91. The number of hydrogen-bond acceptors (Lipinski definition) is 3. The van der Waals surface area contributed by atoms with Gasteiger partial charge in [0.05, 0.1) is 6.21 Å². The van der Waals surface area contributed by atoms with Crippen LogP contribution in [0.15, 0.2) is 64.2 Å². The molecule has 118 valence electrons. The van der Waals surface area contributed by atoms with Crippen LogP contribution in [0, 0.1) is 0 Å². The van der Waals surface area contributed by atoms with Crippen molar-refractivity contribution in [2.45, 2.75) is 12.8 Å². The third kappa shape index (κ3) is 6.44. The molecule has 2 amide bonds. The Morgan fingerprint density at radius 1 is 0.957 bits per heavy atom. The first-order chi connectivity index (χ1) is 11.1. The maximum Gasteiger partial charge on any atom is 0.240 e. The molecule has 0 fully saturated rings. The predicted molar refractivity (Wildman–Crippen MR) is 94.2 cm³/mol. The second-order valence-electron chi connectivity index (χ2n) is 4.76. The van der Waals surface area contributed by atoms with Crippen molar-refractivity contribution >= 4 is 39.6 Å². The Hall–Kier alpha value is -2.47. The van der Waals surface area contributed by atoms with E-state index in [4.69, 9.17) is 0 Å². The van der Waals surface area contributed by atoms with E-state index in [2.05, 4.69) is 31.8 Å². The molecule has 2 aromatic rings. The highest BCUT2D eigenvalue weighted by atomic mass is 79.9. The highest BCUT2D eigenvalue weighted by molar-refractivity contribution is 9.10. The number of hydrogen-bond donors (Lipinski definition) is 2. The van der Waals surface area contributed by atoms with Gasteiger partial charge in [0.1, 0.15) is 0 Å². The van der Waals surface area contributed by atoms with E-state index in [1.165, 1.54) is 0 Å². The molecule has 5 nitrogen and oxygen atoms in total. The lowest BCUT2D eigenvalue weighted by molar-refractivity contribution is -0.124. The summed E-state index contributed by atoms with van der Waals surface area (Å²) in [4.78, 5) is 23.3. The molecule has 0 bridgehead atoms. The van der Waals surface area contributed by atoms with Crippen LogP contribution in [-0.4, -0.2) is 18.0 Å². The molecular weight excluding hydrogens is 358 g/mol. The Labute approximate surface area is 142 Å². The van der Waals surface area contributed by atoms with Crippen LogP contribution in [-0.2, 0) is 9.59 Å². The fourth-order valence-electron chi connectivity index (χ4n) is 1.76. The van der Waals surface area contributed by atoms with Gasteiger partial charge in [0.15, 0.2) is 0 Å². The van der Waals surface area contributed by atoms with Crippen LogP contribution in [0.25, 0.3) is 0 Å². The number of benzene rings is 2. The predicted octanol–water partition coefficient (Wildman–Crippen LogP) is 3.32. The second kappa shape index (κ2) is 8.85. The van der Waals surface area contributed by atoms with E-state index in [0.29, 0.717) is 5.69 Å². The Bertz CT molecular complexity index is 685. The summed E-state index contributed by atoms with van der Waals surface area (Å²) in [6, 6.07) is 16.6. The first kappa shape index (κ1) is 16.9. The summed E-state index contributed by atoms with van der Waals surface area (Å²) in [5, 5.41) is 6.58. The summed E-state index contributed by atoms with van der Waals surface area (Å²) in [7, 11) is 0. The largest absolute Gasteiger partial charge is 0.326 e. The van der Waals surface area contributed by atoms with Gasteiger partial charge < -0.3 is 5.32 Å². The Morgan fingerprint density at radius 2 is 1.61 bits per heavy atom. The monoisotopic (exact) mass is 373 g/mol. The molecule has 0 heterocycles. The average molecular weight is 374 g/mol. The van der Waals surface area contributed by atoms with E-state index < -0.39 is 0 Å². The van der Waals surface area contributed by atoms with Crippen LogP contribution in [0.5, 0.6) is 0 Å². The van der Waals surface area contributed by atoms with Crippen LogP contribution in [0.4, 0.5) is 5.69 Å². The zero-order chi connectivity index (χ0) is 16.5. The Kier molecular flexibility index (Phi) is 6.50. The van der Waals surface area contributed by atoms with Gasteiger partial charge >= 0.3 is 0 Å². The number of nitrogens with zero attached hydrogens (tertiary/aromatic N) is 1. The molecule has 2 N–H and O–H groups in total. The standard InChI is InChI=1S/C17H16BrN3O2/c18-14-8-6-13(7-9-14)12-19-21-17(23)11-10-16(22)20-15-4-2-1-3-5-15/h1-9,12H,10-11H2,(H,20,22)(H,21,23)/b19-12-. The molecule has 0 saturated heterocycles. The van der Waals surface area contributed by atoms with Crippen molar-refractivity contribution in [1.29, 1.82) is 0 Å². The van der Waals surface area contributed by atoms with Gasteiger partial charge in [0, 0.05) is 23.0 Å². The van der Waals surface area contributed by atoms with Crippen LogP contribution in [0.3, 0.4) is 0 Å². The van der Waals surface area contributed by atoms with E-state index in [0.717, 1.165) is 10.0 Å². The molecule has 0 radical (unpaired) electrons. The molecule has 0 spiro atoms. The normalized spacial score (nSPS) is 10.5. The van der Waals surface area contributed by atoms with Gasteiger partial charge in [-0.1, -0.05) is 46.3 Å². The number of amides is 2. The van der Waals surface area contributed by atoms with E-state index in [-0.39, 0.29) is 24.7 Å². The lowest BCUT2D eigenvalue weighted by Crippen LogP contribution is -2.20. The highest BCUT2D eigenvalue weighted by Gasteiger charge is 2.06. The quantitative estimate of drug-likeness (QED) is 0.602.